The van der Waals surface area contributed by atoms with Crippen molar-refractivity contribution in [2.75, 3.05) is 6.54 Å². The van der Waals surface area contributed by atoms with Crippen molar-refractivity contribution in [3.63, 3.8) is 0 Å². The number of amides is 1. The van der Waals surface area contributed by atoms with Crippen LogP contribution in [-0.2, 0) is 12.6 Å². The van der Waals surface area contributed by atoms with Gasteiger partial charge >= 0.3 is 6.18 Å². The van der Waals surface area contributed by atoms with Crippen LogP contribution in [0, 0.1) is 0 Å². The number of hydrogen-bond donors (Lipinski definition) is 1. The standard InChI is InChI=1S/C27H23F3N4O/c28-27(29,30)20-10-11-23-24(15-20)32-25(31-23)18-6-8-19(9-7-18)26(35)34-21-12-13-33(34)22(16-21)14-17-4-2-1-3-5-17/h1-11,15,21-22H,12-14,16H2,(H,31,32). The number of alkyl halides is 3. The van der Waals surface area contributed by atoms with Crippen LogP contribution >= 0.6 is 0 Å². The molecule has 8 heteroatoms. The molecule has 2 aliphatic rings. The van der Waals surface area contributed by atoms with Gasteiger partial charge in [-0.15, -0.1) is 0 Å². The van der Waals surface area contributed by atoms with Crippen LogP contribution in [0.15, 0.2) is 72.8 Å². The first kappa shape index (κ1) is 21.9. The lowest BCUT2D eigenvalue weighted by atomic mass is 9.97. The molecule has 2 saturated heterocycles. The summed E-state index contributed by atoms with van der Waals surface area (Å²) in [6, 6.07) is 21.4. The van der Waals surface area contributed by atoms with Crippen LogP contribution < -0.4 is 0 Å². The lowest BCUT2D eigenvalue weighted by molar-refractivity contribution is -0.137. The highest BCUT2D eigenvalue weighted by atomic mass is 19.4. The molecule has 4 aromatic rings. The van der Waals surface area contributed by atoms with Gasteiger partial charge in [0.25, 0.3) is 5.91 Å². The maximum atomic E-state index is 13.4. The monoisotopic (exact) mass is 476 g/mol. The van der Waals surface area contributed by atoms with Crippen LogP contribution in [0.4, 0.5) is 13.2 Å². The van der Waals surface area contributed by atoms with Crippen molar-refractivity contribution in [1.82, 2.24) is 20.0 Å². The molecule has 0 saturated carbocycles. The molecule has 35 heavy (non-hydrogen) atoms. The molecule has 1 N–H and O–H groups in total. The Morgan fingerprint density at radius 3 is 2.54 bits per heavy atom. The largest absolute Gasteiger partial charge is 0.416 e. The average molecular weight is 477 g/mol. The van der Waals surface area contributed by atoms with Gasteiger partial charge in [-0.25, -0.2) is 9.99 Å². The summed E-state index contributed by atoms with van der Waals surface area (Å²) in [5, 5.41) is 4.13. The quantitative estimate of drug-likeness (QED) is 0.411. The van der Waals surface area contributed by atoms with E-state index < -0.39 is 11.7 Å². The summed E-state index contributed by atoms with van der Waals surface area (Å²) in [5.74, 6) is 0.445. The van der Waals surface area contributed by atoms with Crippen LogP contribution in [0.5, 0.6) is 0 Å². The lowest BCUT2D eigenvalue weighted by Crippen LogP contribution is -2.42. The van der Waals surface area contributed by atoms with Crippen LogP contribution in [0.2, 0.25) is 0 Å². The number of halogens is 3. The van der Waals surface area contributed by atoms with Gasteiger partial charge < -0.3 is 4.98 Å². The Hall–Kier alpha value is -3.65. The topological polar surface area (TPSA) is 52.2 Å². The summed E-state index contributed by atoms with van der Waals surface area (Å²) >= 11 is 0. The summed E-state index contributed by atoms with van der Waals surface area (Å²) in [6.45, 7) is 0.880. The number of fused-ring (bicyclic) bond motifs is 3. The van der Waals surface area contributed by atoms with Crippen LogP contribution in [0.3, 0.4) is 0 Å². The number of benzene rings is 3. The molecule has 5 nitrogen and oxygen atoms in total. The number of imidazole rings is 1. The Labute approximate surface area is 200 Å². The predicted octanol–water partition coefficient (Wildman–Crippen LogP) is 5.70. The first-order valence-corrected chi connectivity index (χ1v) is 11.7. The molecule has 2 aliphatic heterocycles. The summed E-state index contributed by atoms with van der Waals surface area (Å²) in [6.07, 6.45) is -1.54. The number of hydrogen-bond acceptors (Lipinski definition) is 3. The number of nitrogens with zero attached hydrogens (tertiary/aromatic N) is 3. The van der Waals surface area contributed by atoms with E-state index in [-0.39, 0.29) is 11.9 Å². The number of aromatic nitrogens is 2. The van der Waals surface area contributed by atoms with Crippen molar-refractivity contribution in [1.29, 1.82) is 0 Å². The zero-order valence-electron chi connectivity index (χ0n) is 18.8. The van der Waals surface area contributed by atoms with Crippen molar-refractivity contribution < 1.29 is 18.0 Å². The third-order valence-corrected chi connectivity index (χ3v) is 7.02. The fourth-order valence-corrected chi connectivity index (χ4v) is 5.32. The summed E-state index contributed by atoms with van der Waals surface area (Å²) in [7, 11) is 0. The lowest BCUT2D eigenvalue weighted by Gasteiger charge is -2.28. The van der Waals surface area contributed by atoms with Gasteiger partial charge in [-0.2, -0.15) is 13.2 Å². The molecule has 2 fully saturated rings. The molecule has 0 aliphatic carbocycles. The molecule has 1 aromatic heterocycles. The highest BCUT2D eigenvalue weighted by molar-refractivity contribution is 5.95. The van der Waals surface area contributed by atoms with Crippen molar-refractivity contribution >= 4 is 16.9 Å². The Balaban J connectivity index is 1.20. The molecule has 3 heterocycles. The van der Waals surface area contributed by atoms with Gasteiger partial charge in [0, 0.05) is 23.7 Å². The number of aromatic amines is 1. The van der Waals surface area contributed by atoms with E-state index in [2.05, 4.69) is 27.1 Å². The van der Waals surface area contributed by atoms with Gasteiger partial charge in [-0.1, -0.05) is 42.5 Å². The Morgan fingerprint density at radius 1 is 1.03 bits per heavy atom. The van der Waals surface area contributed by atoms with Crippen LogP contribution in [0.1, 0.15) is 34.3 Å². The van der Waals surface area contributed by atoms with Crippen molar-refractivity contribution in [3.8, 4) is 11.4 Å². The minimum atomic E-state index is -4.41. The molecule has 0 radical (unpaired) electrons. The normalized spacial score (nSPS) is 21.7. The Morgan fingerprint density at radius 2 is 1.80 bits per heavy atom. The number of hydrazine groups is 1. The van der Waals surface area contributed by atoms with Gasteiger partial charge in [0.1, 0.15) is 5.82 Å². The molecule has 3 atom stereocenters. The fraction of sp³-hybridized carbons (Fsp3) is 0.259. The van der Waals surface area contributed by atoms with Gasteiger partial charge in [-0.05, 0) is 55.2 Å². The zero-order valence-corrected chi connectivity index (χ0v) is 18.8. The molecular weight excluding hydrogens is 453 g/mol. The molecule has 1 amide bonds. The average Bonchev–Trinajstić information content (AvgIpc) is 3.56. The van der Waals surface area contributed by atoms with E-state index in [1.807, 2.05) is 23.2 Å². The number of rotatable bonds is 4. The van der Waals surface area contributed by atoms with Gasteiger partial charge in [0.15, 0.2) is 0 Å². The van der Waals surface area contributed by atoms with E-state index in [1.54, 1.807) is 24.3 Å². The van der Waals surface area contributed by atoms with Gasteiger partial charge in [0.05, 0.1) is 22.6 Å². The molecule has 6 rings (SSSR count). The second kappa shape index (κ2) is 8.23. The van der Waals surface area contributed by atoms with Crippen molar-refractivity contribution in [3.05, 3.63) is 89.5 Å². The second-order valence-corrected chi connectivity index (χ2v) is 9.23. The number of nitrogens with one attached hydrogen (secondary N) is 1. The summed E-state index contributed by atoms with van der Waals surface area (Å²) < 4.78 is 39.0. The van der Waals surface area contributed by atoms with E-state index >= 15 is 0 Å². The SMILES string of the molecule is O=C(c1ccc(-c2nc3ccc(C(F)(F)F)cc3[nH]2)cc1)N1C2CCN1C(Cc1ccccc1)C2. The van der Waals surface area contributed by atoms with E-state index in [0.717, 1.165) is 37.9 Å². The smallest absolute Gasteiger partial charge is 0.338 e. The number of H-pyrrole nitrogens is 1. The van der Waals surface area contributed by atoms with E-state index in [1.165, 1.54) is 11.6 Å². The molecule has 2 bridgehead atoms. The molecule has 0 spiro atoms. The van der Waals surface area contributed by atoms with Gasteiger partial charge in [-0.3, -0.25) is 9.80 Å². The third kappa shape index (κ3) is 3.97. The first-order chi connectivity index (χ1) is 16.9. The Kier molecular flexibility index (Phi) is 5.14. The predicted molar refractivity (Wildman–Crippen MR) is 126 cm³/mol. The molecule has 3 unspecified atom stereocenters. The number of piperidine rings is 1. The maximum Gasteiger partial charge on any atom is 0.416 e. The van der Waals surface area contributed by atoms with Crippen LogP contribution in [0.25, 0.3) is 22.4 Å². The number of carbonyl (C=O) groups is 1. The third-order valence-electron chi connectivity index (χ3n) is 7.02. The second-order valence-electron chi connectivity index (χ2n) is 9.23. The van der Waals surface area contributed by atoms with Crippen molar-refractivity contribution in [2.24, 2.45) is 0 Å². The summed E-state index contributed by atoms with van der Waals surface area (Å²) in [5.41, 5.74) is 2.62. The minimum Gasteiger partial charge on any atom is -0.338 e. The maximum absolute atomic E-state index is 13.4. The highest BCUT2D eigenvalue weighted by Gasteiger charge is 2.46. The first-order valence-electron chi connectivity index (χ1n) is 11.7. The molecule has 3 aromatic carbocycles. The minimum absolute atomic E-state index is 0.0194. The molecule has 178 valence electrons. The van der Waals surface area contributed by atoms with E-state index in [4.69, 9.17) is 0 Å². The number of carbonyl (C=O) groups excluding carboxylic acids is 1. The fourth-order valence-electron chi connectivity index (χ4n) is 5.32. The highest BCUT2D eigenvalue weighted by Crippen LogP contribution is 2.37. The Bertz CT molecular complexity index is 1380. The summed E-state index contributed by atoms with van der Waals surface area (Å²) in [4.78, 5) is 20.8. The zero-order chi connectivity index (χ0) is 24.2. The van der Waals surface area contributed by atoms with E-state index in [9.17, 15) is 18.0 Å². The molecular formula is C27H23F3N4O. The van der Waals surface area contributed by atoms with E-state index in [0.29, 0.717) is 34.0 Å². The van der Waals surface area contributed by atoms with Gasteiger partial charge in [0.2, 0.25) is 0 Å². The van der Waals surface area contributed by atoms with Crippen LogP contribution in [-0.4, -0.2) is 44.5 Å². The van der Waals surface area contributed by atoms with Crippen molar-refractivity contribution in [2.45, 2.75) is 37.5 Å².